The zero-order valence-electron chi connectivity index (χ0n) is 18.3. The Morgan fingerprint density at radius 2 is 1.94 bits per heavy atom. The number of aromatic nitrogens is 3. The Morgan fingerprint density at radius 1 is 1.24 bits per heavy atom. The van der Waals surface area contributed by atoms with Crippen LogP contribution in [0.5, 0.6) is 0 Å². The number of aryl methyl sites for hydroxylation is 2. The van der Waals surface area contributed by atoms with Crippen molar-refractivity contribution in [2.75, 3.05) is 6.54 Å². The Kier molecular flexibility index (Phi) is 7.27. The predicted octanol–water partition coefficient (Wildman–Crippen LogP) is 2.90. The topological polar surface area (TPSA) is 129 Å². The van der Waals surface area contributed by atoms with E-state index in [2.05, 4.69) is 16.9 Å². The van der Waals surface area contributed by atoms with Crippen LogP contribution in [-0.4, -0.2) is 54.0 Å². The van der Waals surface area contributed by atoms with Crippen molar-refractivity contribution >= 4 is 28.7 Å². The Balaban J connectivity index is 0.000000331. The number of nitrogens with zero attached hydrogens (tertiary/aromatic N) is 3. The van der Waals surface area contributed by atoms with E-state index in [1.54, 1.807) is 12.4 Å². The van der Waals surface area contributed by atoms with E-state index in [1.807, 2.05) is 22.6 Å². The number of H-pyrrole nitrogens is 1. The third-order valence-corrected chi connectivity index (χ3v) is 5.42. The monoisotopic (exact) mass is 456 g/mol. The highest BCUT2D eigenvalue weighted by molar-refractivity contribution is 6.09. The molecule has 3 N–H and O–H groups in total. The van der Waals surface area contributed by atoms with E-state index in [9.17, 15) is 18.8 Å². The normalized spacial score (nSPS) is 13.2. The third kappa shape index (κ3) is 5.11. The molecule has 9 nitrogen and oxygen atoms in total. The zero-order chi connectivity index (χ0) is 24.1. The van der Waals surface area contributed by atoms with Crippen molar-refractivity contribution < 1.29 is 29.0 Å². The molecular weight excluding hydrogens is 431 g/mol. The maximum Gasteiger partial charge on any atom is 0.328 e. The van der Waals surface area contributed by atoms with Crippen molar-refractivity contribution in [3.63, 3.8) is 0 Å². The number of hydrogen-bond donors (Lipinski definition) is 3. The Bertz CT molecular complexity index is 1210. The quantitative estimate of drug-likeness (QED) is 0.489. The van der Waals surface area contributed by atoms with E-state index in [1.165, 1.54) is 6.07 Å². The second-order valence-corrected chi connectivity index (χ2v) is 7.58. The first-order chi connectivity index (χ1) is 15.7. The lowest BCUT2D eigenvalue weighted by Gasteiger charge is -2.27. The number of nitrogens with one attached hydrogen (secondary N) is 1. The fourth-order valence-corrected chi connectivity index (χ4v) is 3.97. The standard InChI is InChI=1S/C19H21FN4O.C4H4O4/c1-3-5-14-15(22-11-21-14)10-24-9-8-16-17(19(24)25)12-6-4-7-13(20)18(12)23(16)2;5-3(6)1-2-4(7)8/h4,6-7,11H,3,5,8-10H2,1-2H3,(H,21,22);1-2H,(H,5,6)(H,7,8)/b;2-1-. The molecule has 0 fully saturated rings. The fraction of sp³-hybridized carbons (Fsp3) is 0.304. The van der Waals surface area contributed by atoms with Crippen LogP contribution >= 0.6 is 0 Å². The van der Waals surface area contributed by atoms with Crippen LogP contribution in [0.25, 0.3) is 10.9 Å². The number of carbonyl (C=O) groups is 3. The minimum atomic E-state index is -1.26. The summed E-state index contributed by atoms with van der Waals surface area (Å²) in [7, 11) is 1.83. The largest absolute Gasteiger partial charge is 0.478 e. The van der Waals surface area contributed by atoms with Crippen molar-refractivity contribution in [3.05, 3.63) is 65.1 Å². The molecule has 1 aliphatic heterocycles. The average Bonchev–Trinajstić information content (AvgIpc) is 3.32. The number of imidazole rings is 1. The maximum atomic E-state index is 14.2. The van der Waals surface area contributed by atoms with Gasteiger partial charge in [-0.3, -0.25) is 4.79 Å². The lowest BCUT2D eigenvalue weighted by Crippen LogP contribution is -2.37. The van der Waals surface area contributed by atoms with E-state index in [4.69, 9.17) is 10.2 Å². The van der Waals surface area contributed by atoms with Gasteiger partial charge in [0, 0.05) is 48.9 Å². The number of hydrogen-bond acceptors (Lipinski definition) is 4. The van der Waals surface area contributed by atoms with E-state index in [0.717, 1.165) is 36.3 Å². The molecule has 0 atom stereocenters. The van der Waals surface area contributed by atoms with Crippen LogP contribution in [0, 0.1) is 5.82 Å². The Morgan fingerprint density at radius 3 is 2.58 bits per heavy atom. The Labute approximate surface area is 189 Å². The molecule has 0 radical (unpaired) electrons. The number of para-hydroxylation sites is 1. The number of carboxylic acid groups (broad SMARTS) is 2. The van der Waals surface area contributed by atoms with Crippen molar-refractivity contribution in [3.8, 4) is 0 Å². The Hall–Kier alpha value is -3.95. The van der Waals surface area contributed by atoms with Crippen LogP contribution < -0.4 is 0 Å². The van der Waals surface area contributed by atoms with Gasteiger partial charge in [-0.15, -0.1) is 0 Å². The minimum absolute atomic E-state index is 0.0390. The molecule has 3 aromatic rings. The molecule has 4 rings (SSSR count). The van der Waals surface area contributed by atoms with Gasteiger partial charge in [-0.25, -0.2) is 19.0 Å². The van der Waals surface area contributed by atoms with Gasteiger partial charge in [0.05, 0.1) is 29.6 Å². The lowest BCUT2D eigenvalue weighted by atomic mass is 10.0. The molecule has 174 valence electrons. The molecule has 0 bridgehead atoms. The van der Waals surface area contributed by atoms with E-state index in [0.29, 0.717) is 41.7 Å². The van der Waals surface area contributed by atoms with Crippen LogP contribution in [0.1, 0.15) is 40.8 Å². The number of benzene rings is 1. The number of aliphatic carboxylic acids is 2. The summed E-state index contributed by atoms with van der Waals surface area (Å²) in [6, 6.07) is 4.93. The third-order valence-electron chi connectivity index (χ3n) is 5.42. The molecule has 0 saturated carbocycles. The highest BCUT2D eigenvalue weighted by atomic mass is 19.1. The second kappa shape index (κ2) is 10.1. The van der Waals surface area contributed by atoms with E-state index >= 15 is 0 Å². The number of amides is 1. The van der Waals surface area contributed by atoms with Gasteiger partial charge in [-0.2, -0.15) is 0 Å². The molecule has 0 saturated heterocycles. The summed E-state index contributed by atoms with van der Waals surface area (Å²) in [5.74, 6) is -2.84. The van der Waals surface area contributed by atoms with Gasteiger partial charge < -0.3 is 24.7 Å². The summed E-state index contributed by atoms with van der Waals surface area (Å²) >= 11 is 0. The van der Waals surface area contributed by atoms with Gasteiger partial charge in [0.25, 0.3) is 5.91 Å². The second-order valence-electron chi connectivity index (χ2n) is 7.58. The van der Waals surface area contributed by atoms with Crippen molar-refractivity contribution in [2.24, 2.45) is 7.05 Å². The smallest absolute Gasteiger partial charge is 0.328 e. The highest BCUT2D eigenvalue weighted by Crippen LogP contribution is 2.32. The van der Waals surface area contributed by atoms with Gasteiger partial charge in [0.15, 0.2) is 0 Å². The zero-order valence-corrected chi connectivity index (χ0v) is 18.3. The van der Waals surface area contributed by atoms with Crippen molar-refractivity contribution in [2.45, 2.75) is 32.7 Å². The molecule has 1 amide bonds. The van der Waals surface area contributed by atoms with Crippen molar-refractivity contribution in [1.29, 1.82) is 0 Å². The summed E-state index contributed by atoms with van der Waals surface area (Å²) in [4.78, 5) is 41.6. The molecule has 2 aromatic heterocycles. The number of halogens is 1. The number of rotatable bonds is 6. The van der Waals surface area contributed by atoms with Crippen LogP contribution in [0.2, 0.25) is 0 Å². The van der Waals surface area contributed by atoms with Crippen LogP contribution in [0.4, 0.5) is 4.39 Å². The fourth-order valence-electron chi connectivity index (χ4n) is 3.97. The average molecular weight is 456 g/mol. The molecule has 0 spiro atoms. The van der Waals surface area contributed by atoms with Crippen LogP contribution in [-0.2, 0) is 36.0 Å². The van der Waals surface area contributed by atoms with Gasteiger partial charge in [-0.1, -0.05) is 25.5 Å². The summed E-state index contributed by atoms with van der Waals surface area (Å²) < 4.78 is 16.1. The summed E-state index contributed by atoms with van der Waals surface area (Å²) in [6.45, 7) is 3.23. The lowest BCUT2D eigenvalue weighted by molar-refractivity contribution is -0.134. The van der Waals surface area contributed by atoms with Gasteiger partial charge in [0.1, 0.15) is 5.82 Å². The van der Waals surface area contributed by atoms with Gasteiger partial charge in [0.2, 0.25) is 0 Å². The molecule has 33 heavy (non-hydrogen) atoms. The maximum absolute atomic E-state index is 14.2. The SMILES string of the molecule is CCCc1[nH]cnc1CN1CCc2c(c3cccc(F)c3n2C)C1=O.O=C(O)/C=C\C(=O)O. The van der Waals surface area contributed by atoms with Crippen LogP contribution in [0.3, 0.4) is 0 Å². The van der Waals surface area contributed by atoms with Gasteiger partial charge in [-0.05, 0) is 12.5 Å². The summed E-state index contributed by atoms with van der Waals surface area (Å²) in [6.07, 6.45) is 5.47. The minimum Gasteiger partial charge on any atom is -0.478 e. The molecule has 3 heterocycles. The number of aromatic amines is 1. The number of carbonyl (C=O) groups excluding carboxylic acids is 1. The molecule has 0 unspecified atom stereocenters. The van der Waals surface area contributed by atoms with Crippen LogP contribution in [0.15, 0.2) is 36.7 Å². The number of carboxylic acids is 2. The first-order valence-corrected chi connectivity index (χ1v) is 10.4. The molecule has 10 heteroatoms. The molecule has 1 aliphatic rings. The van der Waals surface area contributed by atoms with Gasteiger partial charge >= 0.3 is 11.9 Å². The first kappa shape index (κ1) is 23.7. The van der Waals surface area contributed by atoms with E-state index in [-0.39, 0.29) is 11.7 Å². The summed E-state index contributed by atoms with van der Waals surface area (Å²) in [5.41, 5.74) is 4.07. The molecule has 0 aliphatic carbocycles. The highest BCUT2D eigenvalue weighted by Gasteiger charge is 2.31. The number of fused-ring (bicyclic) bond motifs is 3. The van der Waals surface area contributed by atoms with E-state index < -0.39 is 11.9 Å². The predicted molar refractivity (Wildman–Crippen MR) is 118 cm³/mol. The molecular formula is C23H25FN4O5. The first-order valence-electron chi connectivity index (χ1n) is 10.4. The molecule has 1 aromatic carbocycles. The van der Waals surface area contributed by atoms with Crippen molar-refractivity contribution in [1.82, 2.24) is 19.4 Å². The summed E-state index contributed by atoms with van der Waals surface area (Å²) in [5, 5.41) is 16.3.